The number of benzene rings is 1. The van der Waals surface area contributed by atoms with Crippen molar-refractivity contribution in [1.82, 2.24) is 14.7 Å². The number of hydrogen-bond acceptors (Lipinski definition) is 2. The van der Waals surface area contributed by atoms with E-state index in [-0.39, 0.29) is 30.3 Å². The van der Waals surface area contributed by atoms with E-state index in [0.717, 1.165) is 25.1 Å². The van der Waals surface area contributed by atoms with Crippen molar-refractivity contribution in [3.8, 4) is 0 Å². The minimum atomic E-state index is -0.00703. The molecule has 5 nitrogen and oxygen atoms in total. The molecule has 0 radical (unpaired) electrons. The molecule has 2 rings (SSSR count). The van der Waals surface area contributed by atoms with Gasteiger partial charge in [0.15, 0.2) is 6.67 Å². The molecule has 2 amide bonds. The lowest BCUT2D eigenvalue weighted by molar-refractivity contribution is -0.129. The fourth-order valence-corrected chi connectivity index (χ4v) is 5.57. The van der Waals surface area contributed by atoms with Gasteiger partial charge in [-0.1, -0.05) is 109 Å². The van der Waals surface area contributed by atoms with Crippen LogP contribution in [0.4, 0.5) is 5.69 Å². The third-order valence-corrected chi connectivity index (χ3v) is 7.86. The Bertz CT molecular complexity index is 799. The van der Waals surface area contributed by atoms with E-state index >= 15 is 0 Å². The molecule has 218 valence electrons. The summed E-state index contributed by atoms with van der Waals surface area (Å²) in [7, 11) is 4.16. The van der Waals surface area contributed by atoms with Crippen LogP contribution < -0.4 is 22.2 Å². The number of amides is 2. The predicted octanol–water partition coefficient (Wildman–Crippen LogP) is 4.83. The van der Waals surface area contributed by atoms with Crippen molar-refractivity contribution in [2.45, 2.75) is 129 Å². The van der Waals surface area contributed by atoms with Crippen LogP contribution in [-0.2, 0) is 4.79 Å². The number of para-hydroxylation sites is 1. The Morgan fingerprint density at radius 1 is 0.895 bits per heavy atom. The molecule has 0 spiro atoms. The lowest BCUT2D eigenvalue weighted by Crippen LogP contribution is -3.00. The number of halogens is 1. The lowest BCUT2D eigenvalue weighted by atomic mass is 10.0. The minimum Gasteiger partial charge on any atom is -1.00 e. The van der Waals surface area contributed by atoms with E-state index in [2.05, 4.69) is 33.3 Å². The molecule has 1 N–H and O–H groups in total. The summed E-state index contributed by atoms with van der Waals surface area (Å²) in [4.78, 5) is 27.3. The number of hydrogen-bond donors (Lipinski definition) is 1. The molecule has 1 atom stereocenters. The molecule has 1 heterocycles. The second kappa shape index (κ2) is 19.5. The van der Waals surface area contributed by atoms with Crippen LogP contribution in [0.25, 0.3) is 0 Å². The summed E-state index contributed by atoms with van der Waals surface area (Å²) >= 11 is 0. The highest BCUT2D eigenvalue weighted by Crippen LogP contribution is 2.26. The van der Waals surface area contributed by atoms with Gasteiger partial charge in [-0.05, 0) is 25.8 Å². The quantitative estimate of drug-likeness (QED) is 0.187. The smallest absolute Gasteiger partial charge is 0.257 e. The molecule has 1 aliphatic rings. The summed E-state index contributed by atoms with van der Waals surface area (Å²) in [6.45, 7) is 5.80. The zero-order valence-electron chi connectivity index (χ0n) is 24.9. The first-order valence-electron chi connectivity index (χ1n) is 15.4. The second-order valence-electron chi connectivity index (χ2n) is 11.9. The van der Waals surface area contributed by atoms with Crippen molar-refractivity contribution in [3.63, 3.8) is 0 Å². The molecule has 1 aromatic rings. The van der Waals surface area contributed by atoms with Gasteiger partial charge in [0.25, 0.3) is 5.91 Å². The summed E-state index contributed by atoms with van der Waals surface area (Å²) in [6.07, 6.45) is 21.7. The van der Waals surface area contributed by atoms with Gasteiger partial charge in [0, 0.05) is 25.1 Å². The summed E-state index contributed by atoms with van der Waals surface area (Å²) in [6, 6.07) is 8.01. The van der Waals surface area contributed by atoms with Gasteiger partial charge in [0.1, 0.15) is 11.3 Å². The van der Waals surface area contributed by atoms with Crippen LogP contribution in [-0.4, -0.2) is 50.1 Å². The van der Waals surface area contributed by atoms with E-state index in [1.54, 1.807) is 0 Å². The Morgan fingerprint density at radius 3 is 1.95 bits per heavy atom. The Balaban J connectivity index is 0.00000722. The molecule has 0 saturated carbocycles. The molecule has 1 unspecified atom stereocenters. The topological polar surface area (TPSA) is 49.4 Å². The molecular formula is C32H56ClN3O2. The van der Waals surface area contributed by atoms with Gasteiger partial charge in [-0.15, -0.1) is 0 Å². The number of unbranched alkanes of at least 4 members (excludes halogenated alkanes) is 13. The first-order chi connectivity index (χ1) is 17.8. The van der Waals surface area contributed by atoms with Crippen molar-refractivity contribution in [3.05, 3.63) is 29.8 Å². The van der Waals surface area contributed by atoms with Crippen LogP contribution in [0.5, 0.6) is 0 Å². The maximum absolute atomic E-state index is 13.2. The first kappa shape index (κ1) is 34.4. The number of rotatable bonds is 20. The predicted molar refractivity (Wildman–Crippen MR) is 158 cm³/mol. The highest BCUT2D eigenvalue weighted by atomic mass is 35.5. The highest BCUT2D eigenvalue weighted by Gasteiger charge is 2.32. The summed E-state index contributed by atoms with van der Waals surface area (Å²) < 4.78 is 0.489. The van der Waals surface area contributed by atoms with Crippen molar-refractivity contribution in [1.29, 1.82) is 0 Å². The third-order valence-electron chi connectivity index (χ3n) is 7.86. The molecule has 0 bridgehead atoms. The Kier molecular flexibility index (Phi) is 17.6. The van der Waals surface area contributed by atoms with Crippen LogP contribution in [0.2, 0.25) is 0 Å². The van der Waals surface area contributed by atoms with E-state index in [4.69, 9.17) is 0 Å². The highest BCUT2D eigenvalue weighted by molar-refractivity contribution is 5.99. The van der Waals surface area contributed by atoms with Crippen molar-refractivity contribution < 1.29 is 22.0 Å². The van der Waals surface area contributed by atoms with Crippen LogP contribution >= 0.6 is 0 Å². The monoisotopic (exact) mass is 549 g/mol. The minimum absolute atomic E-state index is 0. The molecule has 1 aromatic carbocycles. The maximum Gasteiger partial charge on any atom is 0.257 e. The largest absolute Gasteiger partial charge is 1.00 e. The van der Waals surface area contributed by atoms with Crippen LogP contribution in [0, 0.1) is 0 Å². The molecule has 6 heteroatoms. The van der Waals surface area contributed by atoms with Gasteiger partial charge < -0.3 is 17.7 Å². The lowest BCUT2D eigenvalue weighted by Gasteiger charge is -2.34. The average Bonchev–Trinajstić information content (AvgIpc) is 3.27. The molecule has 0 aliphatic carbocycles. The normalized spacial score (nSPS) is 14.4. The third kappa shape index (κ3) is 13.0. The second-order valence-corrected chi connectivity index (χ2v) is 11.9. The number of carbonyl (C=O) groups is 2. The van der Waals surface area contributed by atoms with Crippen molar-refractivity contribution >= 4 is 17.5 Å². The Hall–Kier alpha value is -1.59. The van der Waals surface area contributed by atoms with Crippen molar-refractivity contribution in [2.75, 3.05) is 27.3 Å². The van der Waals surface area contributed by atoms with Gasteiger partial charge in [-0.2, -0.15) is 0 Å². The number of nitrogens with one attached hydrogen (secondary N) is 1. The summed E-state index contributed by atoms with van der Waals surface area (Å²) in [5.41, 5.74) is 1.68. The number of likely N-dealkylation sites (tertiary alicyclic amines) is 1. The van der Waals surface area contributed by atoms with Gasteiger partial charge in [-0.25, -0.2) is 0 Å². The van der Waals surface area contributed by atoms with Gasteiger partial charge >= 0.3 is 0 Å². The Labute approximate surface area is 240 Å². The molecule has 1 aliphatic heterocycles. The maximum atomic E-state index is 13.2. The zero-order chi connectivity index (χ0) is 26.9. The summed E-state index contributed by atoms with van der Waals surface area (Å²) in [5, 5.41) is 3.23. The molecule has 1 saturated heterocycles. The molecule has 38 heavy (non-hydrogen) atoms. The SMILES string of the molecule is CCCCCCCCCCCCCCCCC(C)NC(=O)c1ccccc1[N+](C)(C)CN1CCCC1=O.[Cl-]. The van der Waals surface area contributed by atoms with Crippen LogP contribution in [0.1, 0.15) is 133 Å². The van der Waals surface area contributed by atoms with Crippen molar-refractivity contribution in [2.24, 2.45) is 0 Å². The fraction of sp³-hybridized carbons (Fsp3) is 0.750. The van der Waals surface area contributed by atoms with Gasteiger partial charge in [-0.3, -0.25) is 19.0 Å². The van der Waals surface area contributed by atoms with E-state index in [9.17, 15) is 9.59 Å². The molecule has 1 fully saturated rings. The van der Waals surface area contributed by atoms with E-state index in [1.807, 2.05) is 29.2 Å². The molecular weight excluding hydrogens is 494 g/mol. The number of quaternary nitrogens is 1. The zero-order valence-corrected chi connectivity index (χ0v) is 25.7. The first-order valence-corrected chi connectivity index (χ1v) is 15.4. The molecule has 0 aromatic heterocycles. The number of nitrogens with zero attached hydrogens (tertiary/aromatic N) is 2. The van der Waals surface area contributed by atoms with Crippen LogP contribution in [0.15, 0.2) is 24.3 Å². The fourth-order valence-electron chi connectivity index (χ4n) is 5.57. The van der Waals surface area contributed by atoms with E-state index in [1.165, 1.54) is 89.9 Å². The standard InChI is InChI=1S/C32H55N3O2.ClH/c1-5-6-7-8-9-10-11-12-13-14-15-16-17-18-22-28(2)33-32(37)29-23-19-20-24-30(29)35(3,4)27-34-26-21-25-31(34)36;/h19-20,23-24,28H,5-18,21-22,25-27H2,1-4H3;1H. The van der Waals surface area contributed by atoms with Gasteiger partial charge in [0.2, 0.25) is 5.91 Å². The van der Waals surface area contributed by atoms with Crippen LogP contribution in [0.3, 0.4) is 0 Å². The summed E-state index contributed by atoms with van der Waals surface area (Å²) in [5.74, 6) is 0.210. The van der Waals surface area contributed by atoms with E-state index < -0.39 is 0 Å². The van der Waals surface area contributed by atoms with E-state index in [0.29, 0.717) is 23.1 Å². The van der Waals surface area contributed by atoms with Gasteiger partial charge in [0.05, 0.1) is 14.1 Å². The number of carbonyl (C=O) groups excluding carboxylic acids is 2. The Morgan fingerprint density at radius 2 is 1.42 bits per heavy atom. The average molecular weight is 550 g/mol.